The number of benzene rings is 2. The van der Waals surface area contributed by atoms with Gasteiger partial charge in [-0.1, -0.05) is 51.7 Å². The van der Waals surface area contributed by atoms with Crippen LogP contribution in [0.3, 0.4) is 0 Å². The molecule has 0 aliphatic carbocycles. The van der Waals surface area contributed by atoms with Crippen molar-refractivity contribution in [1.29, 1.82) is 0 Å². The molecule has 4 aromatic rings. The number of carbonyl (C=O) groups excluding carboxylic acids is 3. The van der Waals surface area contributed by atoms with Gasteiger partial charge in [0.1, 0.15) is 23.7 Å². The fraction of sp³-hybridized carbons (Fsp3) is 0.450. The zero-order valence-electron chi connectivity index (χ0n) is 33.9. The van der Waals surface area contributed by atoms with Crippen LogP contribution in [0, 0.1) is 23.7 Å². The minimum atomic E-state index is -0.706. The number of H-pyrrole nitrogens is 2. The molecule has 2 aliphatic heterocycles. The number of ether oxygens (including phenoxy) is 1. The molecule has 2 aliphatic rings. The summed E-state index contributed by atoms with van der Waals surface area (Å²) in [7, 11) is 2.64. The predicted molar refractivity (Wildman–Crippen MR) is 246 cm³/mol. The molecule has 0 bridgehead atoms. The number of hydrogen-bond donors (Lipinski definition) is 4. The summed E-state index contributed by atoms with van der Waals surface area (Å²) in [6.07, 6.45) is 3.52. The van der Waals surface area contributed by atoms with E-state index in [2.05, 4.69) is 42.0 Å². The zero-order chi connectivity index (χ0) is 39.2. The number of imidazole rings is 2. The highest BCUT2D eigenvalue weighted by Gasteiger charge is 2.41. The Hall–Kier alpha value is -4.32. The first-order valence-electron chi connectivity index (χ1n) is 18.5. The maximum Gasteiger partial charge on any atom is 0.407 e. The molecule has 2 fully saturated rings. The molecule has 0 unspecified atom stereocenters. The maximum absolute atomic E-state index is 13.6. The number of alkyl carbamates (subject to hydrolysis) is 1. The molecule has 59 heavy (non-hydrogen) atoms. The number of methoxy groups -OCH3 is 1. The van der Waals surface area contributed by atoms with Gasteiger partial charge in [0.25, 0.3) is 0 Å². The highest BCUT2D eigenvalue weighted by atomic mass is 32.1. The van der Waals surface area contributed by atoms with Crippen molar-refractivity contribution in [3.63, 3.8) is 0 Å². The van der Waals surface area contributed by atoms with Gasteiger partial charge in [-0.25, -0.2) is 19.8 Å². The summed E-state index contributed by atoms with van der Waals surface area (Å²) in [5.41, 5.74) is 4.87. The molecule has 2 aromatic carbocycles. The molecule has 4 heterocycles. The molecular weight excluding hydrogens is 833 g/mol. The van der Waals surface area contributed by atoms with Crippen molar-refractivity contribution in [1.82, 2.24) is 35.1 Å². The standard InChI is InChI=1S/C40H48N8O7.4H2S/c1-23(2)34(42-22-55-54-6)38(50)48-21-28(49)19-33(48)37-43-29-16-13-26(18-30(29)44-37)10-9-25-11-14-27(15-12-25)31-20-41-36(45-31)32-8-7-17-47(32)39(51)35(24(3)4)46-40(52)53-5;;;;/h11-16,18,20,22-24,28,32-35,49H,7-8,17,19,21H2,1-6H3,(H,41,45)(H,43,44)(H,46,52);4*1H2/t28-,32+,33+,34+,35+;;;;/m1..../s1. The Morgan fingerprint density at radius 3 is 2.27 bits per heavy atom. The van der Waals surface area contributed by atoms with Crippen molar-refractivity contribution in [3.8, 4) is 23.1 Å². The Balaban J connectivity index is 0.00000300. The Morgan fingerprint density at radius 2 is 1.61 bits per heavy atom. The number of nitrogens with one attached hydrogen (secondary N) is 3. The predicted octanol–water partition coefficient (Wildman–Crippen LogP) is 5.11. The van der Waals surface area contributed by atoms with Gasteiger partial charge in [0, 0.05) is 30.6 Å². The van der Waals surface area contributed by atoms with Crippen LogP contribution in [0.4, 0.5) is 4.79 Å². The van der Waals surface area contributed by atoms with E-state index >= 15 is 0 Å². The lowest BCUT2D eigenvalue weighted by Crippen LogP contribution is -2.51. The molecule has 5 atom stereocenters. The van der Waals surface area contributed by atoms with Gasteiger partial charge in [0.2, 0.25) is 18.2 Å². The van der Waals surface area contributed by atoms with E-state index in [9.17, 15) is 19.5 Å². The Morgan fingerprint density at radius 1 is 0.915 bits per heavy atom. The first kappa shape index (κ1) is 50.8. The summed E-state index contributed by atoms with van der Waals surface area (Å²) in [4.78, 5) is 72.2. The third-order valence-electron chi connectivity index (χ3n) is 10.0. The van der Waals surface area contributed by atoms with Gasteiger partial charge in [0.05, 0.1) is 55.3 Å². The summed E-state index contributed by atoms with van der Waals surface area (Å²) >= 11 is 0. The number of carbonyl (C=O) groups is 3. The first-order chi connectivity index (χ1) is 26.5. The highest BCUT2D eigenvalue weighted by Crippen LogP contribution is 2.34. The topological polar surface area (TPSA) is 187 Å². The van der Waals surface area contributed by atoms with Gasteiger partial charge in [-0.15, -0.1) is 0 Å². The van der Waals surface area contributed by atoms with Gasteiger partial charge in [0.15, 0.2) is 0 Å². The van der Waals surface area contributed by atoms with E-state index < -0.39 is 30.3 Å². The number of aromatic amines is 2. The number of aromatic nitrogens is 4. The van der Waals surface area contributed by atoms with Crippen LogP contribution < -0.4 is 5.32 Å². The van der Waals surface area contributed by atoms with Crippen molar-refractivity contribution >= 4 is 89.3 Å². The number of hydrogen-bond acceptors (Lipinski definition) is 10. The summed E-state index contributed by atoms with van der Waals surface area (Å²) in [6, 6.07) is 11.5. The van der Waals surface area contributed by atoms with E-state index in [0.717, 1.165) is 52.7 Å². The van der Waals surface area contributed by atoms with Crippen molar-refractivity contribution in [3.05, 3.63) is 71.4 Å². The Kier molecular flexibility index (Phi) is 19.7. The Labute approximate surface area is 372 Å². The van der Waals surface area contributed by atoms with Crippen LogP contribution in [0.2, 0.25) is 0 Å². The van der Waals surface area contributed by atoms with Crippen LogP contribution in [0.25, 0.3) is 22.3 Å². The number of rotatable bonds is 11. The fourth-order valence-corrected chi connectivity index (χ4v) is 7.13. The molecule has 0 radical (unpaired) electrons. The minimum absolute atomic E-state index is 0. The number of aliphatic hydroxyl groups excluding tert-OH is 1. The van der Waals surface area contributed by atoms with Crippen LogP contribution >= 0.6 is 54.0 Å². The smallest absolute Gasteiger partial charge is 0.407 e. The molecule has 0 spiro atoms. The monoisotopic (exact) mass is 888 g/mol. The van der Waals surface area contributed by atoms with Gasteiger partial charge in [-0.05, 0) is 60.6 Å². The van der Waals surface area contributed by atoms with E-state index in [4.69, 9.17) is 14.6 Å². The Bertz CT molecular complexity index is 2100. The average molecular weight is 889 g/mol. The molecule has 2 saturated heterocycles. The second kappa shape index (κ2) is 22.9. The number of nitrogens with zero attached hydrogens (tertiary/aromatic N) is 5. The third-order valence-corrected chi connectivity index (χ3v) is 10.0. The van der Waals surface area contributed by atoms with E-state index in [-0.39, 0.29) is 90.2 Å². The van der Waals surface area contributed by atoms with Gasteiger partial charge >= 0.3 is 6.09 Å². The van der Waals surface area contributed by atoms with E-state index in [1.807, 2.05) is 70.2 Å². The number of amides is 3. The number of β-amino-alcohol motifs (C(OH)–C–C–N with tert-alkyl or cyclic N) is 1. The zero-order valence-corrected chi connectivity index (χ0v) is 37.9. The molecule has 15 nitrogen and oxygen atoms in total. The maximum atomic E-state index is 13.6. The van der Waals surface area contributed by atoms with Crippen molar-refractivity contribution in [2.45, 2.75) is 77.2 Å². The summed E-state index contributed by atoms with van der Waals surface area (Å²) in [5, 5.41) is 13.2. The lowest BCUT2D eigenvalue weighted by Gasteiger charge is -2.30. The summed E-state index contributed by atoms with van der Waals surface area (Å²) in [5.74, 6) is 7.16. The molecule has 19 heteroatoms. The van der Waals surface area contributed by atoms with Crippen LogP contribution in [0.5, 0.6) is 0 Å². The minimum Gasteiger partial charge on any atom is -0.453 e. The van der Waals surface area contributed by atoms with Gasteiger partial charge in [-0.2, -0.15) is 58.9 Å². The van der Waals surface area contributed by atoms with Crippen molar-refractivity contribution in [2.24, 2.45) is 16.8 Å². The molecular formula is C40H56N8O7S4. The summed E-state index contributed by atoms with van der Waals surface area (Å²) in [6.45, 7) is 8.34. The molecule has 3 amide bonds. The van der Waals surface area contributed by atoms with Crippen molar-refractivity contribution < 1.29 is 34.0 Å². The van der Waals surface area contributed by atoms with Gasteiger partial charge < -0.3 is 39.8 Å². The highest BCUT2D eigenvalue weighted by molar-refractivity contribution is 7.59. The van der Waals surface area contributed by atoms with E-state index in [1.165, 1.54) is 14.2 Å². The van der Waals surface area contributed by atoms with Crippen LogP contribution in [0.1, 0.15) is 81.8 Å². The van der Waals surface area contributed by atoms with E-state index in [1.54, 1.807) is 16.0 Å². The summed E-state index contributed by atoms with van der Waals surface area (Å²) < 4.78 is 4.74. The number of fused-ring (bicyclic) bond motifs is 1. The molecule has 322 valence electrons. The SMILES string of the molecule is COOC=N[C@H](C(=O)N1C[C@H](O)C[C@H]1c1nc2ccc(C#Cc3ccc(-c4cnc([C@@H]5CCCN5C(=O)[C@@H](NC(=O)OC)C(C)C)[nH]4)cc3)cc2[nH]1)C(C)C.S.S.S.S. The number of likely N-dealkylation sites (tertiary alicyclic amines) is 2. The normalized spacial score (nSPS) is 18.2. The quantitative estimate of drug-likeness (QED) is 0.0522. The van der Waals surface area contributed by atoms with E-state index in [0.29, 0.717) is 24.6 Å². The lowest BCUT2D eigenvalue weighted by molar-refractivity contribution is -0.188. The second-order valence-corrected chi connectivity index (χ2v) is 14.5. The largest absolute Gasteiger partial charge is 0.453 e. The lowest BCUT2D eigenvalue weighted by atomic mass is 10.0. The molecule has 0 saturated carbocycles. The van der Waals surface area contributed by atoms with Gasteiger partial charge in [-0.3, -0.25) is 9.59 Å². The fourth-order valence-electron chi connectivity index (χ4n) is 7.13. The number of aliphatic imine (C=N–C) groups is 1. The van der Waals surface area contributed by atoms with Crippen LogP contribution in [-0.4, -0.2) is 105 Å². The first-order valence-corrected chi connectivity index (χ1v) is 18.5. The second-order valence-electron chi connectivity index (χ2n) is 14.5. The average Bonchev–Trinajstić information content (AvgIpc) is 4.00. The molecule has 2 aromatic heterocycles. The molecule has 4 N–H and O–H groups in total. The number of aliphatic hydroxyl groups is 1. The van der Waals surface area contributed by atoms with Crippen LogP contribution in [-0.2, 0) is 24.1 Å². The third kappa shape index (κ3) is 11.9. The van der Waals surface area contributed by atoms with Crippen molar-refractivity contribution in [2.75, 3.05) is 27.3 Å². The van der Waals surface area contributed by atoms with Crippen LogP contribution in [0.15, 0.2) is 53.7 Å². The molecule has 6 rings (SSSR count).